The average molecular weight is 318 g/mol. The molecule has 2 heterocycles. The number of carbonyl (C=O) groups excluding carboxylic acids is 1. The lowest BCUT2D eigenvalue weighted by Crippen LogP contribution is -2.32. The van der Waals surface area contributed by atoms with Crippen molar-refractivity contribution in [2.75, 3.05) is 31.1 Å². The summed E-state index contributed by atoms with van der Waals surface area (Å²) in [6, 6.07) is 6.10. The maximum atomic E-state index is 12.4. The number of benzene rings is 1. The maximum absolute atomic E-state index is 12.4. The number of hydrogen-bond donors (Lipinski definition) is 1. The highest BCUT2D eigenvalue weighted by molar-refractivity contribution is 7.21. The summed E-state index contributed by atoms with van der Waals surface area (Å²) in [6.07, 6.45) is 0. The fourth-order valence-corrected chi connectivity index (χ4v) is 4.03. The summed E-state index contributed by atoms with van der Waals surface area (Å²) in [6.45, 7) is 9.54. The molecule has 22 heavy (non-hydrogen) atoms. The summed E-state index contributed by atoms with van der Waals surface area (Å²) in [7, 11) is 0. The van der Waals surface area contributed by atoms with E-state index in [0.717, 1.165) is 39.5 Å². The van der Waals surface area contributed by atoms with E-state index in [0.29, 0.717) is 19.1 Å². The van der Waals surface area contributed by atoms with Crippen LogP contribution >= 0.6 is 11.3 Å². The zero-order chi connectivity index (χ0) is 15.7. The van der Waals surface area contributed by atoms with Gasteiger partial charge in [-0.2, -0.15) is 0 Å². The van der Waals surface area contributed by atoms with Gasteiger partial charge in [-0.1, -0.05) is 13.8 Å². The molecule has 1 N–H and O–H groups in total. The van der Waals surface area contributed by atoms with Crippen LogP contribution in [-0.4, -0.2) is 32.1 Å². The molecule has 1 aliphatic heterocycles. The fourth-order valence-electron chi connectivity index (χ4n) is 2.91. The molecule has 5 heteroatoms. The van der Waals surface area contributed by atoms with Crippen LogP contribution in [0.5, 0.6) is 5.75 Å². The Hall–Kier alpha value is -1.75. The number of nitrogens with zero attached hydrogens (tertiary/aromatic N) is 1. The molecule has 1 aliphatic rings. The number of fused-ring (bicyclic) bond motifs is 3. The van der Waals surface area contributed by atoms with Crippen molar-refractivity contribution in [2.24, 2.45) is 5.92 Å². The van der Waals surface area contributed by atoms with Crippen molar-refractivity contribution in [3.05, 3.63) is 23.1 Å². The van der Waals surface area contributed by atoms with E-state index in [1.807, 2.05) is 13.0 Å². The third-order valence-electron chi connectivity index (χ3n) is 3.72. The fraction of sp³-hybridized carbons (Fsp3) is 0.471. The molecule has 0 radical (unpaired) electrons. The van der Waals surface area contributed by atoms with Crippen LogP contribution in [0.2, 0.25) is 0 Å². The monoisotopic (exact) mass is 318 g/mol. The standard InChI is InChI=1S/C17H22N2O2S/c1-4-21-12-5-6-14-13(9-12)15-16(22-14)17(20)18-7-8-19(15)10-11(2)3/h5-6,9,11H,4,7-8,10H2,1-3H3,(H,18,20). The zero-order valence-electron chi connectivity index (χ0n) is 13.3. The Balaban J connectivity index is 2.15. The Morgan fingerprint density at radius 2 is 2.23 bits per heavy atom. The summed E-state index contributed by atoms with van der Waals surface area (Å²) >= 11 is 1.57. The second-order valence-corrected chi connectivity index (χ2v) is 7.02. The van der Waals surface area contributed by atoms with Crippen LogP contribution in [0.15, 0.2) is 18.2 Å². The highest BCUT2D eigenvalue weighted by Gasteiger charge is 2.26. The molecule has 4 nitrogen and oxygen atoms in total. The van der Waals surface area contributed by atoms with Crippen molar-refractivity contribution >= 4 is 33.0 Å². The van der Waals surface area contributed by atoms with E-state index >= 15 is 0 Å². The van der Waals surface area contributed by atoms with Crippen LogP contribution in [0.3, 0.4) is 0 Å². The van der Waals surface area contributed by atoms with E-state index < -0.39 is 0 Å². The Labute approximate surface area is 135 Å². The molecule has 0 bridgehead atoms. The van der Waals surface area contributed by atoms with Gasteiger partial charge in [-0.05, 0) is 31.0 Å². The van der Waals surface area contributed by atoms with Gasteiger partial charge in [0.25, 0.3) is 5.91 Å². The minimum absolute atomic E-state index is 0.0421. The molecule has 0 unspecified atom stereocenters. The Morgan fingerprint density at radius 3 is 2.95 bits per heavy atom. The number of nitrogens with one attached hydrogen (secondary N) is 1. The van der Waals surface area contributed by atoms with Gasteiger partial charge in [0.05, 0.1) is 12.3 Å². The Kier molecular flexibility index (Phi) is 4.25. The topological polar surface area (TPSA) is 41.6 Å². The molecule has 0 spiro atoms. The molecule has 0 fully saturated rings. The van der Waals surface area contributed by atoms with Crippen LogP contribution in [-0.2, 0) is 0 Å². The number of rotatable bonds is 4. The average Bonchev–Trinajstić information content (AvgIpc) is 2.77. The maximum Gasteiger partial charge on any atom is 0.263 e. The van der Waals surface area contributed by atoms with Gasteiger partial charge in [0.1, 0.15) is 10.6 Å². The van der Waals surface area contributed by atoms with Crippen molar-refractivity contribution in [3.63, 3.8) is 0 Å². The molecular weight excluding hydrogens is 296 g/mol. The molecule has 0 saturated carbocycles. The summed E-state index contributed by atoms with van der Waals surface area (Å²) in [4.78, 5) is 15.5. The number of thiophene rings is 1. The molecule has 1 aromatic carbocycles. The van der Waals surface area contributed by atoms with Gasteiger partial charge in [0.15, 0.2) is 0 Å². The lowest BCUT2D eigenvalue weighted by Gasteiger charge is -2.25. The normalized spacial score (nSPS) is 14.9. The SMILES string of the molecule is CCOc1ccc2sc3c(c2c1)N(CC(C)C)CCNC3=O. The third-order valence-corrected chi connectivity index (χ3v) is 4.88. The van der Waals surface area contributed by atoms with Crippen LogP contribution in [0.1, 0.15) is 30.4 Å². The summed E-state index contributed by atoms with van der Waals surface area (Å²) in [5.74, 6) is 1.45. The Bertz CT molecular complexity index is 693. The van der Waals surface area contributed by atoms with Crippen LogP contribution in [0.25, 0.3) is 10.1 Å². The van der Waals surface area contributed by atoms with E-state index in [2.05, 4.69) is 36.2 Å². The highest BCUT2D eigenvalue weighted by Crippen LogP contribution is 2.41. The summed E-state index contributed by atoms with van der Waals surface area (Å²) in [5.41, 5.74) is 1.07. The first kappa shape index (κ1) is 15.2. The molecular formula is C17H22N2O2S. The number of hydrogen-bond acceptors (Lipinski definition) is 4. The predicted molar refractivity (Wildman–Crippen MR) is 92.4 cm³/mol. The quantitative estimate of drug-likeness (QED) is 0.938. The van der Waals surface area contributed by atoms with E-state index in [-0.39, 0.29) is 5.91 Å². The van der Waals surface area contributed by atoms with Crippen molar-refractivity contribution in [2.45, 2.75) is 20.8 Å². The molecule has 0 saturated heterocycles. The second-order valence-electron chi connectivity index (χ2n) is 5.97. The van der Waals surface area contributed by atoms with Crippen LogP contribution in [0.4, 0.5) is 5.69 Å². The van der Waals surface area contributed by atoms with E-state index in [9.17, 15) is 4.79 Å². The molecule has 2 aromatic rings. The van der Waals surface area contributed by atoms with Gasteiger partial charge in [-0.15, -0.1) is 11.3 Å². The smallest absolute Gasteiger partial charge is 0.263 e. The summed E-state index contributed by atoms with van der Waals surface area (Å²) in [5, 5.41) is 4.13. The molecule has 1 aromatic heterocycles. The van der Waals surface area contributed by atoms with Gasteiger partial charge in [0.2, 0.25) is 0 Å². The molecule has 0 aliphatic carbocycles. The lowest BCUT2D eigenvalue weighted by atomic mass is 10.1. The highest BCUT2D eigenvalue weighted by atomic mass is 32.1. The summed E-state index contributed by atoms with van der Waals surface area (Å²) < 4.78 is 6.77. The largest absolute Gasteiger partial charge is 0.494 e. The van der Waals surface area contributed by atoms with Gasteiger partial charge in [-0.25, -0.2) is 0 Å². The van der Waals surface area contributed by atoms with Crippen molar-refractivity contribution in [1.82, 2.24) is 5.32 Å². The number of amides is 1. The van der Waals surface area contributed by atoms with Crippen molar-refractivity contribution in [1.29, 1.82) is 0 Å². The second kappa shape index (κ2) is 6.16. The van der Waals surface area contributed by atoms with Crippen LogP contribution in [0, 0.1) is 5.92 Å². The molecule has 0 atom stereocenters. The number of carbonyl (C=O) groups is 1. The molecule has 3 rings (SSSR count). The zero-order valence-corrected chi connectivity index (χ0v) is 14.1. The molecule has 1 amide bonds. The van der Waals surface area contributed by atoms with Gasteiger partial charge in [0, 0.05) is 29.7 Å². The first-order valence-electron chi connectivity index (χ1n) is 7.82. The van der Waals surface area contributed by atoms with E-state index in [4.69, 9.17) is 4.74 Å². The first-order valence-corrected chi connectivity index (χ1v) is 8.64. The Morgan fingerprint density at radius 1 is 1.41 bits per heavy atom. The van der Waals surface area contributed by atoms with Crippen molar-refractivity contribution < 1.29 is 9.53 Å². The minimum Gasteiger partial charge on any atom is -0.494 e. The minimum atomic E-state index is 0.0421. The van der Waals surface area contributed by atoms with Crippen molar-refractivity contribution in [3.8, 4) is 5.75 Å². The number of anilines is 1. The van der Waals surface area contributed by atoms with Gasteiger partial charge >= 0.3 is 0 Å². The molecule has 118 valence electrons. The third kappa shape index (κ3) is 2.77. The predicted octanol–water partition coefficient (Wildman–Crippen LogP) is 3.51. The first-order chi connectivity index (χ1) is 10.6. The number of ether oxygens (including phenoxy) is 1. The van der Waals surface area contributed by atoms with E-state index in [1.165, 1.54) is 0 Å². The van der Waals surface area contributed by atoms with Crippen LogP contribution < -0.4 is 15.0 Å². The van der Waals surface area contributed by atoms with Gasteiger partial charge in [-0.3, -0.25) is 4.79 Å². The lowest BCUT2D eigenvalue weighted by molar-refractivity contribution is 0.0962. The van der Waals surface area contributed by atoms with Gasteiger partial charge < -0.3 is 15.0 Å². The van der Waals surface area contributed by atoms with E-state index in [1.54, 1.807) is 11.3 Å².